The molecule has 0 aliphatic heterocycles. The van der Waals surface area contributed by atoms with Crippen LogP contribution in [0.1, 0.15) is 18.6 Å². The van der Waals surface area contributed by atoms with Crippen molar-refractivity contribution in [1.82, 2.24) is 0 Å². The fraction of sp³-hybridized carbons (Fsp3) is 0.333. The Morgan fingerprint density at radius 1 is 1.54 bits per heavy atom. The van der Waals surface area contributed by atoms with Gasteiger partial charge in [-0.3, -0.25) is 0 Å². The van der Waals surface area contributed by atoms with Crippen LogP contribution in [0.2, 0.25) is 0 Å². The Morgan fingerprint density at radius 2 is 2.15 bits per heavy atom. The summed E-state index contributed by atoms with van der Waals surface area (Å²) in [4.78, 5) is 0. The molecule has 0 aromatic heterocycles. The third-order valence-electron chi connectivity index (χ3n) is 1.72. The van der Waals surface area contributed by atoms with Crippen molar-refractivity contribution in [1.29, 1.82) is 0 Å². The van der Waals surface area contributed by atoms with Gasteiger partial charge in [0.15, 0.2) is 11.6 Å². The highest BCUT2D eigenvalue weighted by molar-refractivity contribution is 9.10. The number of hydrogen-bond donors (Lipinski definition) is 1. The number of aliphatic hydroxyl groups is 1. The highest BCUT2D eigenvalue weighted by atomic mass is 79.9. The topological polar surface area (TPSA) is 29.5 Å². The lowest BCUT2D eigenvalue weighted by Gasteiger charge is -2.13. The zero-order chi connectivity index (χ0) is 10.0. The maximum atomic E-state index is 13.1. The summed E-state index contributed by atoms with van der Waals surface area (Å²) in [5.74, 6) is -0.383. The number of hydrogen-bond acceptors (Lipinski definition) is 2. The number of benzene rings is 1. The molecule has 0 saturated carbocycles. The summed E-state index contributed by atoms with van der Waals surface area (Å²) < 4.78 is 18.6. The van der Waals surface area contributed by atoms with E-state index in [2.05, 4.69) is 15.9 Å². The van der Waals surface area contributed by atoms with E-state index in [1.165, 1.54) is 13.2 Å². The Labute approximate surface area is 84.5 Å². The number of aliphatic hydroxyl groups excluding tert-OH is 1. The van der Waals surface area contributed by atoms with E-state index in [0.717, 1.165) is 0 Å². The van der Waals surface area contributed by atoms with E-state index in [4.69, 9.17) is 4.74 Å². The lowest BCUT2D eigenvalue weighted by molar-refractivity contribution is 0.192. The second-order valence-corrected chi connectivity index (χ2v) is 3.51. The first-order valence-electron chi connectivity index (χ1n) is 3.78. The maximum Gasteiger partial charge on any atom is 0.165 e. The molecule has 0 bridgehead atoms. The minimum absolute atomic E-state index is 0.0874. The molecule has 0 saturated heterocycles. The summed E-state index contributed by atoms with van der Waals surface area (Å²) >= 11 is 3.22. The van der Waals surface area contributed by atoms with Crippen molar-refractivity contribution in [3.63, 3.8) is 0 Å². The predicted octanol–water partition coefficient (Wildman–Crippen LogP) is 2.65. The van der Waals surface area contributed by atoms with Crippen molar-refractivity contribution in [2.45, 2.75) is 13.0 Å². The average Bonchev–Trinajstić information content (AvgIpc) is 2.07. The van der Waals surface area contributed by atoms with Gasteiger partial charge in [-0.25, -0.2) is 4.39 Å². The molecule has 2 nitrogen and oxygen atoms in total. The first-order valence-corrected chi connectivity index (χ1v) is 4.57. The van der Waals surface area contributed by atoms with E-state index in [9.17, 15) is 9.50 Å². The van der Waals surface area contributed by atoms with Crippen LogP contribution in [0.5, 0.6) is 5.75 Å². The number of rotatable bonds is 2. The molecule has 1 aromatic carbocycles. The molecule has 0 amide bonds. The van der Waals surface area contributed by atoms with Crippen LogP contribution in [0, 0.1) is 5.82 Å². The SMILES string of the molecule is COc1c(F)ccc(Br)c1C(C)O. The van der Waals surface area contributed by atoms with Crippen molar-refractivity contribution in [2.75, 3.05) is 7.11 Å². The summed E-state index contributed by atoms with van der Waals surface area (Å²) in [5.41, 5.74) is 0.433. The van der Waals surface area contributed by atoms with Gasteiger partial charge in [-0.1, -0.05) is 15.9 Å². The summed E-state index contributed by atoms with van der Waals surface area (Å²) in [5, 5.41) is 9.36. The van der Waals surface area contributed by atoms with Crippen LogP contribution < -0.4 is 4.74 Å². The van der Waals surface area contributed by atoms with Gasteiger partial charge in [0.2, 0.25) is 0 Å². The highest BCUT2D eigenvalue weighted by Gasteiger charge is 2.16. The van der Waals surface area contributed by atoms with Gasteiger partial charge in [-0.15, -0.1) is 0 Å². The van der Waals surface area contributed by atoms with E-state index >= 15 is 0 Å². The fourth-order valence-corrected chi connectivity index (χ4v) is 1.79. The Morgan fingerprint density at radius 3 is 2.54 bits per heavy atom. The zero-order valence-corrected chi connectivity index (χ0v) is 8.93. The molecular weight excluding hydrogens is 239 g/mol. The third-order valence-corrected chi connectivity index (χ3v) is 2.41. The van der Waals surface area contributed by atoms with Gasteiger partial charge in [0.1, 0.15) is 0 Å². The van der Waals surface area contributed by atoms with Crippen molar-refractivity contribution in [2.24, 2.45) is 0 Å². The van der Waals surface area contributed by atoms with Gasteiger partial charge in [-0.2, -0.15) is 0 Å². The molecule has 0 radical (unpaired) electrons. The lowest BCUT2D eigenvalue weighted by Crippen LogP contribution is -2.00. The van der Waals surface area contributed by atoms with Gasteiger partial charge in [0, 0.05) is 10.0 Å². The minimum Gasteiger partial charge on any atom is -0.493 e. The van der Waals surface area contributed by atoms with E-state index < -0.39 is 11.9 Å². The monoisotopic (exact) mass is 248 g/mol. The molecule has 0 heterocycles. The highest BCUT2D eigenvalue weighted by Crippen LogP contribution is 2.34. The van der Waals surface area contributed by atoms with Crippen LogP contribution >= 0.6 is 15.9 Å². The lowest BCUT2D eigenvalue weighted by atomic mass is 10.1. The third kappa shape index (κ3) is 2.00. The summed E-state index contributed by atoms with van der Waals surface area (Å²) in [6, 6.07) is 2.83. The quantitative estimate of drug-likeness (QED) is 0.873. The van der Waals surface area contributed by atoms with Crippen LogP contribution in [-0.4, -0.2) is 12.2 Å². The van der Waals surface area contributed by atoms with Crippen molar-refractivity contribution >= 4 is 15.9 Å². The molecule has 13 heavy (non-hydrogen) atoms. The standard InChI is InChI=1S/C9H10BrFO2/c1-5(12)8-6(10)3-4-7(11)9(8)13-2/h3-5,12H,1-2H3. The van der Waals surface area contributed by atoms with Gasteiger partial charge in [0.05, 0.1) is 13.2 Å². The first-order chi connectivity index (χ1) is 6.07. The smallest absolute Gasteiger partial charge is 0.165 e. The number of methoxy groups -OCH3 is 1. The molecular formula is C9H10BrFO2. The molecule has 4 heteroatoms. The van der Waals surface area contributed by atoms with Gasteiger partial charge >= 0.3 is 0 Å². The van der Waals surface area contributed by atoms with Crippen molar-refractivity contribution < 1.29 is 14.2 Å². The second kappa shape index (κ2) is 4.07. The van der Waals surface area contributed by atoms with Crippen LogP contribution in [0.4, 0.5) is 4.39 Å². The Balaban J connectivity index is 3.35. The van der Waals surface area contributed by atoms with Gasteiger partial charge in [-0.05, 0) is 19.1 Å². The van der Waals surface area contributed by atoms with E-state index in [-0.39, 0.29) is 5.75 Å². The average molecular weight is 249 g/mol. The number of ether oxygens (including phenoxy) is 1. The molecule has 0 aliphatic rings. The molecule has 0 aliphatic carbocycles. The molecule has 0 spiro atoms. The van der Waals surface area contributed by atoms with Gasteiger partial charge < -0.3 is 9.84 Å². The van der Waals surface area contributed by atoms with E-state index in [0.29, 0.717) is 10.0 Å². The maximum absolute atomic E-state index is 13.1. The zero-order valence-electron chi connectivity index (χ0n) is 7.34. The molecule has 0 fully saturated rings. The van der Waals surface area contributed by atoms with Crippen LogP contribution in [0.25, 0.3) is 0 Å². The van der Waals surface area contributed by atoms with Crippen LogP contribution in [0.3, 0.4) is 0 Å². The summed E-state index contributed by atoms with van der Waals surface area (Å²) in [7, 11) is 1.37. The Hall–Kier alpha value is -0.610. The molecule has 1 aromatic rings. The Bertz CT molecular complexity index is 313. The molecule has 1 unspecified atom stereocenters. The number of halogens is 2. The van der Waals surface area contributed by atoms with E-state index in [1.807, 2.05) is 0 Å². The van der Waals surface area contributed by atoms with Crippen molar-refractivity contribution in [3.05, 3.63) is 28.0 Å². The minimum atomic E-state index is -0.764. The normalized spacial score (nSPS) is 12.7. The Kier molecular flexibility index (Phi) is 3.27. The second-order valence-electron chi connectivity index (χ2n) is 2.65. The van der Waals surface area contributed by atoms with Crippen LogP contribution in [-0.2, 0) is 0 Å². The first kappa shape index (κ1) is 10.5. The molecule has 1 atom stereocenters. The van der Waals surface area contributed by atoms with E-state index in [1.54, 1.807) is 13.0 Å². The molecule has 1 N–H and O–H groups in total. The summed E-state index contributed by atoms with van der Waals surface area (Å²) in [6.07, 6.45) is -0.764. The van der Waals surface area contributed by atoms with Gasteiger partial charge in [0.25, 0.3) is 0 Å². The van der Waals surface area contributed by atoms with Crippen LogP contribution in [0.15, 0.2) is 16.6 Å². The molecule has 1 rings (SSSR count). The molecule has 72 valence electrons. The van der Waals surface area contributed by atoms with Crippen molar-refractivity contribution in [3.8, 4) is 5.75 Å². The fourth-order valence-electron chi connectivity index (χ4n) is 1.15. The predicted molar refractivity (Wildman–Crippen MR) is 51.3 cm³/mol. The largest absolute Gasteiger partial charge is 0.493 e. The summed E-state index contributed by atoms with van der Waals surface area (Å²) in [6.45, 7) is 1.56.